The maximum Gasteiger partial charge on any atom is 0.407 e. The predicted molar refractivity (Wildman–Crippen MR) is 101 cm³/mol. The predicted octanol–water partition coefficient (Wildman–Crippen LogP) is 2.39. The zero-order valence-electron chi connectivity index (χ0n) is 15.2. The number of alkyl carbamates (subject to hydrolysis) is 1. The maximum absolute atomic E-state index is 12.0. The quantitative estimate of drug-likeness (QED) is 0.622. The lowest BCUT2D eigenvalue weighted by Gasteiger charge is -2.14. The SMILES string of the molecule is [NH3+][C@@H](CCCCNC(=O)OCC1c2ccccc2-c2ccccc21)C(=O)O. The fourth-order valence-electron chi connectivity index (χ4n) is 3.48. The molecule has 5 N–H and O–H groups in total. The van der Waals surface area contributed by atoms with E-state index in [1.807, 2.05) is 24.3 Å². The molecule has 0 aromatic heterocycles. The van der Waals surface area contributed by atoms with Gasteiger partial charge in [-0.25, -0.2) is 9.59 Å². The summed E-state index contributed by atoms with van der Waals surface area (Å²) in [6.45, 7) is 0.753. The zero-order valence-corrected chi connectivity index (χ0v) is 15.2. The molecule has 1 atom stereocenters. The molecule has 1 amide bonds. The molecule has 2 aromatic carbocycles. The van der Waals surface area contributed by atoms with Crippen LogP contribution in [0.4, 0.5) is 4.79 Å². The lowest BCUT2D eigenvalue weighted by atomic mass is 9.98. The van der Waals surface area contributed by atoms with Crippen LogP contribution in [0.1, 0.15) is 36.3 Å². The number of carbonyl (C=O) groups excluding carboxylic acids is 1. The van der Waals surface area contributed by atoms with Gasteiger partial charge in [-0.2, -0.15) is 0 Å². The monoisotopic (exact) mass is 369 g/mol. The van der Waals surface area contributed by atoms with E-state index in [0.717, 1.165) is 0 Å². The average Bonchev–Trinajstić information content (AvgIpc) is 3.00. The molecule has 0 fully saturated rings. The van der Waals surface area contributed by atoms with Gasteiger partial charge in [0.2, 0.25) is 0 Å². The summed E-state index contributed by atoms with van der Waals surface area (Å²) in [7, 11) is 0. The summed E-state index contributed by atoms with van der Waals surface area (Å²) in [6, 6.07) is 15.8. The van der Waals surface area contributed by atoms with Crippen LogP contribution >= 0.6 is 0 Å². The number of quaternary nitrogens is 1. The molecule has 1 aliphatic rings. The summed E-state index contributed by atoms with van der Waals surface area (Å²) in [4.78, 5) is 22.7. The molecule has 0 heterocycles. The van der Waals surface area contributed by atoms with Gasteiger partial charge in [0, 0.05) is 18.9 Å². The Balaban J connectivity index is 1.48. The van der Waals surface area contributed by atoms with Crippen molar-refractivity contribution in [1.82, 2.24) is 5.32 Å². The number of amides is 1. The summed E-state index contributed by atoms with van der Waals surface area (Å²) >= 11 is 0. The molecular formula is C21H25N2O4+. The summed E-state index contributed by atoms with van der Waals surface area (Å²) in [6.07, 6.45) is 1.45. The first kappa shape index (κ1) is 18.9. The Bertz CT molecular complexity index is 776. The number of aliphatic carboxylic acids is 1. The lowest BCUT2D eigenvalue weighted by Crippen LogP contribution is -2.64. The van der Waals surface area contributed by atoms with E-state index in [-0.39, 0.29) is 5.92 Å². The molecule has 142 valence electrons. The topological polar surface area (TPSA) is 103 Å². The second-order valence-corrected chi connectivity index (χ2v) is 6.78. The Hall–Kier alpha value is -2.86. The Morgan fingerprint density at radius 3 is 2.22 bits per heavy atom. The van der Waals surface area contributed by atoms with Crippen LogP contribution in [0.2, 0.25) is 0 Å². The highest BCUT2D eigenvalue weighted by atomic mass is 16.5. The van der Waals surface area contributed by atoms with Crippen molar-refractivity contribution < 1.29 is 25.2 Å². The Labute approximate surface area is 158 Å². The van der Waals surface area contributed by atoms with E-state index in [1.54, 1.807) is 0 Å². The molecule has 0 aliphatic heterocycles. The smallest absolute Gasteiger partial charge is 0.407 e. The average molecular weight is 369 g/mol. The summed E-state index contributed by atoms with van der Waals surface area (Å²) < 4.78 is 5.45. The summed E-state index contributed by atoms with van der Waals surface area (Å²) in [5.74, 6) is -0.842. The standard InChI is InChI=1S/C21H24N2O4/c22-19(20(24)25)11-5-6-12-23-21(26)27-13-18-16-9-3-1-7-14(16)15-8-2-4-10-17(15)18/h1-4,7-10,18-19H,5-6,11-13,22H2,(H,23,26)(H,24,25)/p+1/t19-/m0/s1. The minimum atomic E-state index is -0.889. The molecule has 0 unspecified atom stereocenters. The highest BCUT2D eigenvalue weighted by molar-refractivity contribution is 5.79. The van der Waals surface area contributed by atoms with Gasteiger partial charge in [0.15, 0.2) is 6.04 Å². The first-order valence-corrected chi connectivity index (χ1v) is 9.22. The number of carboxylic acid groups (broad SMARTS) is 1. The molecule has 0 spiro atoms. The van der Waals surface area contributed by atoms with E-state index in [1.165, 1.54) is 22.3 Å². The van der Waals surface area contributed by atoms with Crippen LogP contribution in [0.5, 0.6) is 0 Å². The number of hydrogen-bond acceptors (Lipinski definition) is 3. The van der Waals surface area contributed by atoms with Crippen LogP contribution in [0.15, 0.2) is 48.5 Å². The van der Waals surface area contributed by atoms with Crippen molar-refractivity contribution in [2.24, 2.45) is 0 Å². The number of hydrogen-bond donors (Lipinski definition) is 3. The van der Waals surface area contributed by atoms with Gasteiger partial charge in [-0.05, 0) is 35.1 Å². The molecule has 0 saturated heterocycles. The fraction of sp³-hybridized carbons (Fsp3) is 0.333. The number of rotatable bonds is 8. The third kappa shape index (κ3) is 4.46. The van der Waals surface area contributed by atoms with E-state index >= 15 is 0 Å². The Morgan fingerprint density at radius 2 is 1.63 bits per heavy atom. The largest absolute Gasteiger partial charge is 0.477 e. The molecule has 2 aromatic rings. The van der Waals surface area contributed by atoms with E-state index in [0.29, 0.717) is 32.4 Å². The molecule has 0 saturated carbocycles. The molecule has 0 radical (unpaired) electrons. The van der Waals surface area contributed by atoms with Gasteiger partial charge in [0.25, 0.3) is 0 Å². The van der Waals surface area contributed by atoms with E-state index in [9.17, 15) is 9.59 Å². The van der Waals surface area contributed by atoms with Gasteiger partial charge in [0.05, 0.1) is 0 Å². The lowest BCUT2D eigenvalue weighted by molar-refractivity contribution is -0.409. The van der Waals surface area contributed by atoms with E-state index in [4.69, 9.17) is 9.84 Å². The van der Waals surface area contributed by atoms with Crippen molar-refractivity contribution in [3.05, 3.63) is 59.7 Å². The van der Waals surface area contributed by atoms with Gasteiger partial charge in [0.1, 0.15) is 6.61 Å². The Kier molecular flexibility index (Phi) is 6.08. The van der Waals surface area contributed by atoms with Crippen LogP contribution in [-0.2, 0) is 9.53 Å². The van der Waals surface area contributed by atoms with Crippen LogP contribution in [0.25, 0.3) is 11.1 Å². The molecular weight excluding hydrogens is 344 g/mol. The van der Waals surface area contributed by atoms with Crippen LogP contribution in [0, 0.1) is 0 Å². The molecule has 1 aliphatic carbocycles. The highest BCUT2D eigenvalue weighted by Gasteiger charge is 2.28. The van der Waals surface area contributed by atoms with Crippen molar-refractivity contribution >= 4 is 12.1 Å². The molecule has 6 nitrogen and oxygen atoms in total. The van der Waals surface area contributed by atoms with Crippen LogP contribution in [-0.4, -0.2) is 36.4 Å². The van der Waals surface area contributed by atoms with Crippen molar-refractivity contribution in [1.29, 1.82) is 0 Å². The van der Waals surface area contributed by atoms with Gasteiger partial charge < -0.3 is 20.9 Å². The van der Waals surface area contributed by atoms with Crippen LogP contribution in [0.3, 0.4) is 0 Å². The van der Waals surface area contributed by atoms with E-state index < -0.39 is 18.1 Å². The van der Waals surface area contributed by atoms with Gasteiger partial charge >= 0.3 is 12.1 Å². The number of fused-ring (bicyclic) bond motifs is 3. The van der Waals surface area contributed by atoms with Crippen molar-refractivity contribution in [3.8, 4) is 11.1 Å². The van der Waals surface area contributed by atoms with Crippen molar-refractivity contribution in [2.75, 3.05) is 13.2 Å². The second kappa shape index (κ2) is 8.68. The molecule has 6 heteroatoms. The van der Waals surface area contributed by atoms with E-state index in [2.05, 4.69) is 35.3 Å². The molecule has 0 bridgehead atoms. The summed E-state index contributed by atoms with van der Waals surface area (Å²) in [5, 5.41) is 11.5. The third-order valence-electron chi connectivity index (χ3n) is 4.94. The number of benzene rings is 2. The zero-order chi connectivity index (χ0) is 19.2. The number of carboxylic acids is 1. The van der Waals surface area contributed by atoms with Crippen LogP contribution < -0.4 is 11.1 Å². The van der Waals surface area contributed by atoms with Gasteiger partial charge in [-0.1, -0.05) is 48.5 Å². The first-order chi connectivity index (χ1) is 13.1. The number of ether oxygens (including phenoxy) is 1. The molecule has 3 rings (SSSR count). The van der Waals surface area contributed by atoms with Gasteiger partial charge in [-0.15, -0.1) is 0 Å². The molecule has 27 heavy (non-hydrogen) atoms. The Morgan fingerprint density at radius 1 is 1.04 bits per heavy atom. The van der Waals surface area contributed by atoms with Crippen molar-refractivity contribution in [3.63, 3.8) is 0 Å². The minimum absolute atomic E-state index is 0.0469. The fourth-order valence-corrected chi connectivity index (χ4v) is 3.48. The second-order valence-electron chi connectivity index (χ2n) is 6.78. The first-order valence-electron chi connectivity index (χ1n) is 9.22. The number of nitrogens with one attached hydrogen (secondary N) is 1. The van der Waals surface area contributed by atoms with Crippen molar-refractivity contribution in [2.45, 2.75) is 31.2 Å². The summed E-state index contributed by atoms with van der Waals surface area (Å²) in [5.41, 5.74) is 8.33. The highest BCUT2D eigenvalue weighted by Crippen LogP contribution is 2.44. The normalized spacial score (nSPS) is 13.5. The number of carbonyl (C=O) groups is 2. The number of unbranched alkanes of at least 4 members (excludes halogenated alkanes) is 1. The maximum atomic E-state index is 12.0. The minimum Gasteiger partial charge on any atom is -0.477 e. The van der Waals surface area contributed by atoms with Gasteiger partial charge in [-0.3, -0.25) is 0 Å². The third-order valence-corrected chi connectivity index (χ3v) is 4.94.